The number of amidine groups is 1. The zero-order valence-corrected chi connectivity index (χ0v) is 23.8. The molecular formula is C33H33N5O5. The van der Waals surface area contributed by atoms with Crippen molar-refractivity contribution in [3.05, 3.63) is 119 Å². The number of aliphatic hydroxyl groups excluding tert-OH is 1. The van der Waals surface area contributed by atoms with Crippen LogP contribution in [0.2, 0.25) is 0 Å². The Hall–Kier alpha value is -5.35. The summed E-state index contributed by atoms with van der Waals surface area (Å²) in [6.07, 6.45) is 2.94. The van der Waals surface area contributed by atoms with Gasteiger partial charge in [0.15, 0.2) is 0 Å². The molecule has 10 heteroatoms. The molecule has 0 saturated heterocycles. The van der Waals surface area contributed by atoms with Crippen molar-refractivity contribution in [3.8, 4) is 11.1 Å². The molecule has 4 rings (SSSR count). The molecule has 1 aromatic heterocycles. The number of benzene rings is 3. The van der Waals surface area contributed by atoms with Gasteiger partial charge in [-0.15, -0.1) is 0 Å². The summed E-state index contributed by atoms with van der Waals surface area (Å²) in [5, 5.41) is 22.8. The van der Waals surface area contributed by atoms with Crippen molar-refractivity contribution in [2.45, 2.75) is 26.5 Å². The number of nitrogens with zero attached hydrogens (tertiary/aromatic N) is 1. The zero-order valence-electron chi connectivity index (χ0n) is 23.8. The molecule has 1 atom stereocenters. The van der Waals surface area contributed by atoms with Crippen LogP contribution in [0, 0.1) is 11.3 Å². The molecule has 43 heavy (non-hydrogen) atoms. The molecular weight excluding hydrogens is 546 g/mol. The third-order valence-electron chi connectivity index (χ3n) is 6.84. The molecule has 0 fully saturated rings. The van der Waals surface area contributed by atoms with Crippen molar-refractivity contribution < 1.29 is 24.2 Å². The van der Waals surface area contributed by atoms with Crippen LogP contribution in [0.5, 0.6) is 0 Å². The summed E-state index contributed by atoms with van der Waals surface area (Å²) in [6, 6.07) is 21.3. The zero-order chi connectivity index (χ0) is 30.9. The van der Waals surface area contributed by atoms with Crippen LogP contribution in [0.4, 0.5) is 5.69 Å². The maximum absolute atomic E-state index is 13.5. The largest absolute Gasteiger partial charge is 0.457 e. The number of carbonyl (C=O) groups excluding carboxylic acids is 3. The van der Waals surface area contributed by atoms with Gasteiger partial charge >= 0.3 is 5.97 Å². The molecule has 1 heterocycles. The van der Waals surface area contributed by atoms with Crippen LogP contribution in [0.1, 0.15) is 56.0 Å². The first kappa shape index (κ1) is 30.6. The van der Waals surface area contributed by atoms with E-state index in [1.807, 2.05) is 44.2 Å². The Kier molecular flexibility index (Phi) is 9.98. The number of aromatic nitrogens is 1. The van der Waals surface area contributed by atoms with Crippen LogP contribution in [0.3, 0.4) is 0 Å². The van der Waals surface area contributed by atoms with E-state index in [0.717, 1.165) is 5.56 Å². The van der Waals surface area contributed by atoms with Crippen molar-refractivity contribution in [1.29, 1.82) is 5.41 Å². The molecule has 0 radical (unpaired) electrons. The van der Waals surface area contributed by atoms with E-state index in [-0.39, 0.29) is 41.7 Å². The number of nitrogen functional groups attached to an aromatic ring is 1. The first-order valence-electron chi connectivity index (χ1n) is 13.6. The maximum Gasteiger partial charge on any atom is 0.339 e. The number of pyridine rings is 1. The van der Waals surface area contributed by atoms with Crippen LogP contribution in [-0.2, 0) is 11.3 Å². The molecule has 0 aliphatic carbocycles. The van der Waals surface area contributed by atoms with Gasteiger partial charge in [0.25, 0.3) is 11.8 Å². The molecule has 0 aliphatic rings. The molecule has 3 aromatic carbocycles. The average molecular weight is 580 g/mol. The van der Waals surface area contributed by atoms with Gasteiger partial charge in [0.05, 0.1) is 23.8 Å². The van der Waals surface area contributed by atoms with Crippen molar-refractivity contribution in [2.75, 3.05) is 11.9 Å². The number of ether oxygens (including phenoxy) is 1. The van der Waals surface area contributed by atoms with Gasteiger partial charge in [-0.1, -0.05) is 50.2 Å². The second-order valence-electron chi connectivity index (χ2n) is 10.2. The summed E-state index contributed by atoms with van der Waals surface area (Å²) < 4.78 is 5.62. The average Bonchev–Trinajstić information content (AvgIpc) is 3.02. The van der Waals surface area contributed by atoms with Crippen LogP contribution in [0.25, 0.3) is 11.1 Å². The summed E-state index contributed by atoms with van der Waals surface area (Å²) in [4.78, 5) is 44.2. The van der Waals surface area contributed by atoms with Gasteiger partial charge in [0.2, 0.25) is 0 Å². The molecule has 0 saturated carbocycles. The Bertz CT molecular complexity index is 1620. The van der Waals surface area contributed by atoms with E-state index in [1.54, 1.807) is 36.4 Å². The summed E-state index contributed by atoms with van der Waals surface area (Å²) in [6.45, 7) is 3.53. The first-order chi connectivity index (χ1) is 20.7. The number of amides is 2. The number of nitrogens with two attached hydrogens (primary N) is 1. The lowest BCUT2D eigenvalue weighted by atomic mass is 9.94. The SMILES string of the molecule is CC(C)[C@@H](CO)NC(=O)c1ccc(-c2cnccc2C(=O)Nc2ccc(C(=N)N)cc2)c(C(=O)OCc2ccccc2)c1. The maximum atomic E-state index is 13.5. The molecule has 220 valence electrons. The van der Waals surface area contributed by atoms with Gasteiger partial charge in [-0.25, -0.2) is 4.79 Å². The number of hydrogen-bond acceptors (Lipinski definition) is 7. The second-order valence-corrected chi connectivity index (χ2v) is 10.2. The molecule has 10 nitrogen and oxygen atoms in total. The summed E-state index contributed by atoms with van der Waals surface area (Å²) >= 11 is 0. The summed E-state index contributed by atoms with van der Waals surface area (Å²) in [5.41, 5.74) is 8.51. The van der Waals surface area contributed by atoms with Crippen LogP contribution < -0.4 is 16.4 Å². The predicted octanol–water partition coefficient (Wildman–Crippen LogP) is 4.39. The molecule has 6 N–H and O–H groups in total. The summed E-state index contributed by atoms with van der Waals surface area (Å²) in [5.74, 6) is -1.71. The lowest BCUT2D eigenvalue weighted by Gasteiger charge is -2.20. The van der Waals surface area contributed by atoms with Crippen LogP contribution >= 0.6 is 0 Å². The highest BCUT2D eigenvalue weighted by atomic mass is 16.5. The van der Waals surface area contributed by atoms with E-state index in [4.69, 9.17) is 15.9 Å². The molecule has 0 unspecified atom stereocenters. The van der Waals surface area contributed by atoms with Crippen molar-refractivity contribution in [2.24, 2.45) is 11.7 Å². The standard InChI is InChI=1S/C33H33N5O5/c1-20(2)29(18-39)38-31(40)23-10-13-25(27(16-23)33(42)43-19-21-6-4-3-5-7-21)28-17-36-15-14-26(28)32(41)37-24-11-8-22(9-12-24)30(34)35/h3-17,20,29,39H,18-19H2,1-2H3,(H3,34,35)(H,37,41)(H,38,40)/t29-/m1/s1. The number of aliphatic hydroxyl groups is 1. The number of esters is 1. The highest BCUT2D eigenvalue weighted by Crippen LogP contribution is 2.29. The van der Waals surface area contributed by atoms with E-state index in [2.05, 4.69) is 15.6 Å². The Labute approximate surface area is 249 Å². The van der Waals surface area contributed by atoms with Crippen LogP contribution in [-0.4, -0.2) is 46.4 Å². The topological polar surface area (TPSA) is 167 Å². The molecule has 0 bridgehead atoms. The third-order valence-corrected chi connectivity index (χ3v) is 6.84. The van der Waals surface area contributed by atoms with E-state index >= 15 is 0 Å². The fraction of sp³-hybridized carbons (Fsp3) is 0.182. The number of nitrogens with one attached hydrogen (secondary N) is 3. The third kappa shape index (κ3) is 7.69. The minimum absolute atomic E-state index is 0.00607. The minimum atomic E-state index is -0.689. The van der Waals surface area contributed by atoms with Crippen molar-refractivity contribution >= 4 is 29.3 Å². The number of rotatable bonds is 11. The number of hydrogen-bond donors (Lipinski definition) is 5. The Morgan fingerprint density at radius 2 is 1.60 bits per heavy atom. The van der Waals surface area contributed by atoms with E-state index in [0.29, 0.717) is 22.4 Å². The number of anilines is 1. The Morgan fingerprint density at radius 3 is 2.26 bits per heavy atom. The number of carbonyl (C=O) groups is 3. The lowest BCUT2D eigenvalue weighted by molar-refractivity contribution is 0.0473. The predicted molar refractivity (Wildman–Crippen MR) is 164 cm³/mol. The highest BCUT2D eigenvalue weighted by molar-refractivity contribution is 6.11. The molecule has 0 aliphatic heterocycles. The van der Waals surface area contributed by atoms with Gasteiger partial charge in [-0.2, -0.15) is 0 Å². The molecule has 2 amide bonds. The lowest BCUT2D eigenvalue weighted by Crippen LogP contribution is -2.41. The fourth-order valence-corrected chi connectivity index (χ4v) is 4.30. The van der Waals surface area contributed by atoms with Crippen molar-refractivity contribution in [1.82, 2.24) is 10.3 Å². The Balaban J connectivity index is 1.70. The van der Waals surface area contributed by atoms with Gasteiger partial charge in [0.1, 0.15) is 12.4 Å². The van der Waals surface area contributed by atoms with Crippen LogP contribution in [0.15, 0.2) is 91.3 Å². The van der Waals surface area contributed by atoms with Gasteiger partial charge in [0, 0.05) is 34.8 Å². The van der Waals surface area contributed by atoms with E-state index < -0.39 is 23.8 Å². The molecule has 4 aromatic rings. The van der Waals surface area contributed by atoms with Gasteiger partial charge < -0.3 is 26.2 Å². The van der Waals surface area contributed by atoms with E-state index in [1.165, 1.54) is 24.5 Å². The van der Waals surface area contributed by atoms with E-state index in [9.17, 15) is 19.5 Å². The normalized spacial score (nSPS) is 11.4. The van der Waals surface area contributed by atoms with Gasteiger partial charge in [-0.3, -0.25) is 20.0 Å². The highest BCUT2D eigenvalue weighted by Gasteiger charge is 2.23. The smallest absolute Gasteiger partial charge is 0.339 e. The monoisotopic (exact) mass is 579 g/mol. The summed E-state index contributed by atoms with van der Waals surface area (Å²) in [7, 11) is 0. The van der Waals surface area contributed by atoms with Crippen molar-refractivity contribution in [3.63, 3.8) is 0 Å². The minimum Gasteiger partial charge on any atom is -0.457 e. The quantitative estimate of drug-likeness (QED) is 0.0998. The first-order valence-corrected chi connectivity index (χ1v) is 13.6. The second kappa shape index (κ2) is 14.0. The fourth-order valence-electron chi connectivity index (χ4n) is 4.30. The molecule has 0 spiro atoms. The van der Waals surface area contributed by atoms with Gasteiger partial charge in [-0.05, 0) is 59.5 Å². The Morgan fingerprint density at radius 1 is 0.907 bits per heavy atom.